The number of hydrogen-bond acceptors (Lipinski definition) is 2. The molecule has 1 aliphatic carbocycles. The van der Waals surface area contributed by atoms with Crippen LogP contribution in [0.5, 0.6) is 0 Å². The molecule has 0 aromatic carbocycles. The third kappa shape index (κ3) is 2.95. The fraction of sp³-hybridized carbons (Fsp3) is 1.00. The second-order valence-corrected chi connectivity index (χ2v) is 5.85. The molecule has 3 nitrogen and oxygen atoms in total. The lowest BCUT2D eigenvalue weighted by atomic mass is 10.2. The standard InChI is InChI=1S/C9H19NO2S/c1-4-5-8(2)10(9-6-7-9)13(3,11)12/h8-9H,4-7H2,1-3H3/t8-/m0/s1. The normalized spacial score (nSPS) is 20.6. The van der Waals surface area contributed by atoms with Gasteiger partial charge in [-0.15, -0.1) is 0 Å². The molecule has 0 amide bonds. The van der Waals surface area contributed by atoms with Gasteiger partial charge in [0.15, 0.2) is 0 Å². The van der Waals surface area contributed by atoms with Crippen LogP contribution in [0, 0.1) is 0 Å². The van der Waals surface area contributed by atoms with Gasteiger partial charge in [0.05, 0.1) is 6.26 Å². The van der Waals surface area contributed by atoms with Crippen LogP contribution in [0.4, 0.5) is 0 Å². The topological polar surface area (TPSA) is 37.4 Å². The minimum Gasteiger partial charge on any atom is -0.212 e. The maximum Gasteiger partial charge on any atom is 0.211 e. The highest BCUT2D eigenvalue weighted by Gasteiger charge is 2.37. The van der Waals surface area contributed by atoms with Gasteiger partial charge in [-0.2, -0.15) is 4.31 Å². The Morgan fingerprint density at radius 2 is 2.00 bits per heavy atom. The summed E-state index contributed by atoms with van der Waals surface area (Å²) in [6.07, 6.45) is 5.41. The van der Waals surface area contributed by atoms with Gasteiger partial charge in [0, 0.05) is 12.1 Å². The third-order valence-electron chi connectivity index (χ3n) is 2.43. The minimum atomic E-state index is -2.99. The van der Waals surface area contributed by atoms with Crippen LogP contribution < -0.4 is 0 Å². The van der Waals surface area contributed by atoms with Crippen LogP contribution >= 0.6 is 0 Å². The molecule has 1 atom stereocenters. The first-order chi connectivity index (χ1) is 5.96. The summed E-state index contributed by atoms with van der Waals surface area (Å²) >= 11 is 0. The van der Waals surface area contributed by atoms with E-state index in [1.807, 2.05) is 6.92 Å². The van der Waals surface area contributed by atoms with Gasteiger partial charge in [0.25, 0.3) is 0 Å². The molecule has 0 bridgehead atoms. The third-order valence-corrected chi connectivity index (χ3v) is 3.85. The van der Waals surface area contributed by atoms with Crippen LogP contribution in [0.1, 0.15) is 39.5 Å². The van der Waals surface area contributed by atoms with Crippen molar-refractivity contribution in [2.24, 2.45) is 0 Å². The van der Waals surface area contributed by atoms with Crippen LogP contribution in [0.25, 0.3) is 0 Å². The molecule has 0 aliphatic heterocycles. The smallest absolute Gasteiger partial charge is 0.211 e. The van der Waals surface area contributed by atoms with Crippen molar-refractivity contribution in [3.8, 4) is 0 Å². The second kappa shape index (κ2) is 3.96. The van der Waals surface area contributed by atoms with E-state index in [4.69, 9.17) is 0 Å². The molecule has 0 heterocycles. The highest BCUT2D eigenvalue weighted by atomic mass is 32.2. The van der Waals surface area contributed by atoms with Crippen molar-refractivity contribution in [3.63, 3.8) is 0 Å². The van der Waals surface area contributed by atoms with Crippen molar-refractivity contribution in [1.82, 2.24) is 4.31 Å². The molecule has 0 N–H and O–H groups in total. The summed E-state index contributed by atoms with van der Waals surface area (Å²) in [7, 11) is -2.99. The summed E-state index contributed by atoms with van der Waals surface area (Å²) < 4.78 is 24.6. The Bertz CT molecular complexity index is 257. The summed E-state index contributed by atoms with van der Waals surface area (Å²) in [5.41, 5.74) is 0. The second-order valence-electron chi connectivity index (χ2n) is 3.96. The largest absolute Gasteiger partial charge is 0.212 e. The average Bonchev–Trinajstić information content (AvgIpc) is 2.68. The summed E-state index contributed by atoms with van der Waals surface area (Å²) in [6.45, 7) is 4.09. The van der Waals surface area contributed by atoms with Gasteiger partial charge in [-0.1, -0.05) is 13.3 Å². The predicted octanol–water partition coefficient (Wildman–Crippen LogP) is 1.60. The zero-order chi connectivity index (χ0) is 10.1. The molecule has 1 rings (SSSR count). The molecule has 13 heavy (non-hydrogen) atoms. The number of sulfonamides is 1. The van der Waals surface area contributed by atoms with Gasteiger partial charge in [-0.25, -0.2) is 8.42 Å². The quantitative estimate of drug-likeness (QED) is 0.683. The van der Waals surface area contributed by atoms with Crippen LogP contribution in [-0.2, 0) is 10.0 Å². The van der Waals surface area contributed by atoms with Crippen LogP contribution in [0.2, 0.25) is 0 Å². The van der Waals surface area contributed by atoms with Crippen molar-refractivity contribution < 1.29 is 8.42 Å². The molecule has 0 radical (unpaired) electrons. The molecule has 1 saturated carbocycles. The van der Waals surface area contributed by atoms with Crippen molar-refractivity contribution in [2.45, 2.75) is 51.6 Å². The van der Waals surface area contributed by atoms with Gasteiger partial charge in [0.1, 0.15) is 0 Å². The average molecular weight is 205 g/mol. The maximum atomic E-state index is 11.5. The molecular weight excluding hydrogens is 186 g/mol. The van der Waals surface area contributed by atoms with E-state index in [0.29, 0.717) is 6.04 Å². The predicted molar refractivity (Wildman–Crippen MR) is 54.1 cm³/mol. The van der Waals surface area contributed by atoms with E-state index in [1.54, 1.807) is 4.31 Å². The molecule has 4 heteroatoms. The van der Waals surface area contributed by atoms with Crippen LogP contribution in [-0.4, -0.2) is 31.1 Å². The zero-order valence-corrected chi connectivity index (χ0v) is 9.47. The molecule has 78 valence electrons. The number of rotatable bonds is 5. The number of hydrogen-bond donors (Lipinski definition) is 0. The Hall–Kier alpha value is -0.0900. The lowest BCUT2D eigenvalue weighted by Gasteiger charge is -2.26. The summed E-state index contributed by atoms with van der Waals surface area (Å²) in [6, 6.07) is 0.476. The zero-order valence-electron chi connectivity index (χ0n) is 8.66. The summed E-state index contributed by atoms with van der Waals surface area (Å²) in [5, 5.41) is 0. The van der Waals surface area contributed by atoms with Crippen LogP contribution in [0.3, 0.4) is 0 Å². The van der Waals surface area contributed by atoms with Crippen molar-refractivity contribution in [1.29, 1.82) is 0 Å². The molecule has 1 fully saturated rings. The van der Waals surface area contributed by atoms with Crippen molar-refractivity contribution >= 4 is 10.0 Å². The molecular formula is C9H19NO2S. The molecule has 1 aliphatic rings. The first-order valence-corrected chi connectivity index (χ1v) is 6.80. The van der Waals surface area contributed by atoms with E-state index >= 15 is 0 Å². The van der Waals surface area contributed by atoms with E-state index in [9.17, 15) is 8.42 Å². The molecule has 0 saturated heterocycles. The van der Waals surface area contributed by atoms with Crippen molar-refractivity contribution in [3.05, 3.63) is 0 Å². The first-order valence-electron chi connectivity index (χ1n) is 4.95. The highest BCUT2D eigenvalue weighted by Crippen LogP contribution is 2.31. The Labute approximate surface area is 81.2 Å². The van der Waals surface area contributed by atoms with E-state index in [2.05, 4.69) is 6.92 Å². The van der Waals surface area contributed by atoms with E-state index in [1.165, 1.54) is 6.26 Å². The molecule has 0 spiro atoms. The Morgan fingerprint density at radius 3 is 2.31 bits per heavy atom. The number of nitrogens with zero attached hydrogens (tertiary/aromatic N) is 1. The molecule has 0 unspecified atom stereocenters. The lowest BCUT2D eigenvalue weighted by molar-refractivity contribution is 0.314. The van der Waals surface area contributed by atoms with Gasteiger partial charge in [0.2, 0.25) is 10.0 Å². The van der Waals surface area contributed by atoms with E-state index < -0.39 is 10.0 Å². The lowest BCUT2D eigenvalue weighted by Crippen LogP contribution is -2.39. The van der Waals surface area contributed by atoms with E-state index in [-0.39, 0.29) is 6.04 Å². The maximum absolute atomic E-state index is 11.5. The first kappa shape index (κ1) is 11.0. The van der Waals surface area contributed by atoms with E-state index in [0.717, 1.165) is 25.7 Å². The summed E-state index contributed by atoms with van der Waals surface area (Å²) in [4.78, 5) is 0. The van der Waals surface area contributed by atoms with Crippen LogP contribution in [0.15, 0.2) is 0 Å². The monoisotopic (exact) mass is 205 g/mol. The molecule has 0 aromatic rings. The molecule has 0 aromatic heterocycles. The highest BCUT2D eigenvalue weighted by molar-refractivity contribution is 7.88. The fourth-order valence-corrected chi connectivity index (χ4v) is 3.34. The minimum absolute atomic E-state index is 0.174. The SMILES string of the molecule is CCC[C@H](C)N(C1CC1)S(C)(=O)=O. The fourth-order valence-electron chi connectivity index (χ4n) is 1.83. The van der Waals surface area contributed by atoms with Gasteiger partial charge < -0.3 is 0 Å². The summed E-state index contributed by atoms with van der Waals surface area (Å²) in [5.74, 6) is 0. The Morgan fingerprint density at radius 1 is 1.46 bits per heavy atom. The van der Waals surface area contributed by atoms with Gasteiger partial charge >= 0.3 is 0 Å². The van der Waals surface area contributed by atoms with Gasteiger partial charge in [-0.3, -0.25) is 0 Å². The van der Waals surface area contributed by atoms with Gasteiger partial charge in [-0.05, 0) is 26.2 Å². The Kier molecular flexibility index (Phi) is 3.35. The van der Waals surface area contributed by atoms with Crippen molar-refractivity contribution in [2.75, 3.05) is 6.26 Å². The Balaban J connectivity index is 2.67.